The smallest absolute Gasteiger partial charge is 0.126 e. The number of nitrogens with two attached hydrogens (primary N) is 1. The molecule has 15 heavy (non-hydrogen) atoms. The van der Waals surface area contributed by atoms with Crippen LogP contribution in [0.2, 0.25) is 0 Å². The molecule has 0 fully saturated rings. The summed E-state index contributed by atoms with van der Waals surface area (Å²) in [5, 5.41) is 0. The largest absolute Gasteiger partial charge is 0.327 e. The van der Waals surface area contributed by atoms with Crippen LogP contribution in [0.4, 0.5) is 4.39 Å². The molecule has 0 amide bonds. The molecule has 0 saturated carbocycles. The normalized spacial score (nSPS) is 12.5. The molecule has 1 unspecified atom stereocenters. The van der Waals surface area contributed by atoms with Gasteiger partial charge in [-0.05, 0) is 30.9 Å². The average Bonchev–Trinajstić information content (AvgIpc) is 2.21. The Labute approximate surface area is 90.8 Å². The van der Waals surface area contributed by atoms with Gasteiger partial charge in [-0.2, -0.15) is 0 Å². The fraction of sp³-hybridized carbons (Fsp3) is 0.385. The highest BCUT2D eigenvalue weighted by Gasteiger charge is 2.08. The zero-order chi connectivity index (χ0) is 11.3. The van der Waals surface area contributed by atoms with Gasteiger partial charge in [-0.25, -0.2) is 4.39 Å². The Bertz CT molecular complexity index is 333. The summed E-state index contributed by atoms with van der Waals surface area (Å²) in [6, 6.07) is 6.74. The minimum atomic E-state index is -0.171. The summed E-state index contributed by atoms with van der Waals surface area (Å²) in [5.41, 5.74) is 7.74. The van der Waals surface area contributed by atoms with Crippen LogP contribution in [0.1, 0.15) is 25.3 Å². The second kappa shape index (κ2) is 5.66. The summed E-state index contributed by atoms with van der Waals surface area (Å²) in [7, 11) is 0. The van der Waals surface area contributed by atoms with E-state index in [0.717, 1.165) is 18.4 Å². The number of hydrogen-bond acceptors (Lipinski definition) is 1. The van der Waals surface area contributed by atoms with Crippen LogP contribution in [0.25, 0.3) is 0 Å². The van der Waals surface area contributed by atoms with E-state index in [-0.39, 0.29) is 11.9 Å². The first-order valence-electron chi connectivity index (χ1n) is 5.29. The van der Waals surface area contributed by atoms with E-state index in [2.05, 4.69) is 13.5 Å². The zero-order valence-electron chi connectivity index (χ0n) is 9.17. The molecule has 1 nitrogen and oxygen atoms in total. The number of rotatable bonds is 5. The van der Waals surface area contributed by atoms with Crippen LogP contribution in [0, 0.1) is 5.82 Å². The van der Waals surface area contributed by atoms with Gasteiger partial charge in [0, 0.05) is 6.04 Å². The van der Waals surface area contributed by atoms with Crippen molar-refractivity contribution in [1.29, 1.82) is 0 Å². The molecule has 0 aliphatic heterocycles. The Morgan fingerprint density at radius 3 is 2.73 bits per heavy atom. The second-order valence-corrected chi connectivity index (χ2v) is 3.86. The van der Waals surface area contributed by atoms with Crippen molar-refractivity contribution < 1.29 is 4.39 Å². The van der Waals surface area contributed by atoms with Gasteiger partial charge in [-0.15, -0.1) is 0 Å². The molecule has 0 aromatic heterocycles. The monoisotopic (exact) mass is 207 g/mol. The van der Waals surface area contributed by atoms with Gasteiger partial charge >= 0.3 is 0 Å². The van der Waals surface area contributed by atoms with Gasteiger partial charge in [0.25, 0.3) is 0 Å². The highest BCUT2D eigenvalue weighted by atomic mass is 19.1. The van der Waals surface area contributed by atoms with Crippen molar-refractivity contribution in [3.05, 3.63) is 47.8 Å². The third-order valence-corrected chi connectivity index (χ3v) is 2.49. The molecule has 2 heteroatoms. The molecule has 1 rings (SSSR count). The van der Waals surface area contributed by atoms with Crippen molar-refractivity contribution in [2.45, 2.75) is 32.2 Å². The highest BCUT2D eigenvalue weighted by molar-refractivity contribution is 5.18. The quantitative estimate of drug-likeness (QED) is 0.738. The van der Waals surface area contributed by atoms with Crippen LogP contribution < -0.4 is 5.73 Å². The first-order valence-corrected chi connectivity index (χ1v) is 5.29. The van der Waals surface area contributed by atoms with Crippen molar-refractivity contribution in [3.8, 4) is 0 Å². The molecule has 2 N–H and O–H groups in total. The molecule has 0 spiro atoms. The molecule has 82 valence electrons. The third kappa shape index (κ3) is 3.84. The lowest BCUT2D eigenvalue weighted by molar-refractivity contribution is 0.581. The van der Waals surface area contributed by atoms with Gasteiger partial charge in [-0.3, -0.25) is 0 Å². The van der Waals surface area contributed by atoms with E-state index in [4.69, 9.17) is 5.73 Å². The molecule has 1 aromatic carbocycles. The standard InChI is InChI=1S/C13H18FN/c1-3-10(2)8-12(15)9-11-6-4-5-7-13(11)14/h4-7,12H,2-3,8-9,15H2,1H3. The van der Waals surface area contributed by atoms with E-state index < -0.39 is 0 Å². The Morgan fingerprint density at radius 2 is 2.13 bits per heavy atom. The molecule has 0 saturated heterocycles. The number of halogens is 1. The molecular weight excluding hydrogens is 189 g/mol. The molecule has 0 aliphatic carbocycles. The molecule has 0 heterocycles. The predicted molar refractivity (Wildman–Crippen MR) is 62.1 cm³/mol. The van der Waals surface area contributed by atoms with E-state index in [1.54, 1.807) is 12.1 Å². The molecule has 1 atom stereocenters. The Balaban J connectivity index is 2.55. The summed E-state index contributed by atoms with van der Waals surface area (Å²) < 4.78 is 13.3. The first kappa shape index (κ1) is 11.9. The molecular formula is C13H18FN. The van der Waals surface area contributed by atoms with Crippen molar-refractivity contribution in [2.24, 2.45) is 5.73 Å². The van der Waals surface area contributed by atoms with E-state index in [9.17, 15) is 4.39 Å². The number of benzene rings is 1. The van der Waals surface area contributed by atoms with Gasteiger partial charge in [0.05, 0.1) is 0 Å². The maximum Gasteiger partial charge on any atom is 0.126 e. The van der Waals surface area contributed by atoms with Crippen LogP contribution in [0.15, 0.2) is 36.4 Å². The van der Waals surface area contributed by atoms with Crippen LogP contribution in [-0.4, -0.2) is 6.04 Å². The molecule has 0 aliphatic rings. The van der Waals surface area contributed by atoms with Crippen molar-refractivity contribution in [3.63, 3.8) is 0 Å². The van der Waals surface area contributed by atoms with Crippen molar-refractivity contribution >= 4 is 0 Å². The van der Waals surface area contributed by atoms with Crippen LogP contribution in [0.5, 0.6) is 0 Å². The summed E-state index contributed by atoms with van der Waals surface area (Å²) in [6.07, 6.45) is 2.28. The SMILES string of the molecule is C=C(CC)CC(N)Cc1ccccc1F. The maximum absolute atomic E-state index is 13.3. The second-order valence-electron chi connectivity index (χ2n) is 3.86. The van der Waals surface area contributed by atoms with Crippen LogP contribution >= 0.6 is 0 Å². The van der Waals surface area contributed by atoms with E-state index in [1.807, 2.05) is 6.07 Å². The van der Waals surface area contributed by atoms with E-state index in [1.165, 1.54) is 6.07 Å². The van der Waals surface area contributed by atoms with Gasteiger partial charge in [0.15, 0.2) is 0 Å². The zero-order valence-corrected chi connectivity index (χ0v) is 9.17. The van der Waals surface area contributed by atoms with Crippen molar-refractivity contribution in [1.82, 2.24) is 0 Å². The first-order chi connectivity index (χ1) is 7.13. The lowest BCUT2D eigenvalue weighted by Crippen LogP contribution is -2.23. The van der Waals surface area contributed by atoms with Gasteiger partial charge in [-0.1, -0.05) is 37.3 Å². The van der Waals surface area contributed by atoms with Gasteiger partial charge in [0.2, 0.25) is 0 Å². The molecule has 0 radical (unpaired) electrons. The summed E-state index contributed by atoms with van der Waals surface area (Å²) in [6.45, 7) is 5.96. The van der Waals surface area contributed by atoms with E-state index in [0.29, 0.717) is 12.0 Å². The minimum absolute atomic E-state index is 0.0330. The Morgan fingerprint density at radius 1 is 1.47 bits per heavy atom. The van der Waals surface area contributed by atoms with Gasteiger partial charge < -0.3 is 5.73 Å². The van der Waals surface area contributed by atoms with Crippen LogP contribution in [0.3, 0.4) is 0 Å². The lowest BCUT2D eigenvalue weighted by Gasteiger charge is -2.12. The maximum atomic E-state index is 13.3. The predicted octanol–water partition coefficient (Wildman–Crippen LogP) is 3.05. The topological polar surface area (TPSA) is 26.0 Å². The molecule has 0 bridgehead atoms. The fourth-order valence-electron chi connectivity index (χ4n) is 1.53. The summed E-state index contributed by atoms with van der Waals surface area (Å²) >= 11 is 0. The Hall–Kier alpha value is -1.15. The van der Waals surface area contributed by atoms with Crippen molar-refractivity contribution in [2.75, 3.05) is 0 Å². The van der Waals surface area contributed by atoms with Crippen LogP contribution in [-0.2, 0) is 6.42 Å². The summed E-state index contributed by atoms with van der Waals surface area (Å²) in [5.74, 6) is -0.171. The lowest BCUT2D eigenvalue weighted by atomic mass is 9.99. The van der Waals surface area contributed by atoms with Gasteiger partial charge in [0.1, 0.15) is 5.82 Å². The third-order valence-electron chi connectivity index (χ3n) is 2.49. The molecule has 1 aromatic rings. The number of hydrogen-bond donors (Lipinski definition) is 1. The Kier molecular flexibility index (Phi) is 4.50. The fourth-order valence-corrected chi connectivity index (χ4v) is 1.53. The average molecular weight is 207 g/mol. The summed E-state index contributed by atoms with van der Waals surface area (Å²) in [4.78, 5) is 0. The highest BCUT2D eigenvalue weighted by Crippen LogP contribution is 2.13. The van der Waals surface area contributed by atoms with E-state index >= 15 is 0 Å². The minimum Gasteiger partial charge on any atom is -0.327 e.